The molecule has 1 amide bonds. The molecule has 8 heteroatoms. The molecular weight excluding hydrogens is 346 g/mol. The molecule has 2 aromatic rings. The quantitative estimate of drug-likeness (QED) is 0.379. The highest BCUT2D eigenvalue weighted by Crippen LogP contribution is 2.24. The maximum atomic E-state index is 12.2. The lowest BCUT2D eigenvalue weighted by molar-refractivity contribution is -0.384. The van der Waals surface area contributed by atoms with Gasteiger partial charge in [-0.15, -0.1) is 0 Å². The molecule has 7 nitrogen and oxygen atoms in total. The van der Waals surface area contributed by atoms with Gasteiger partial charge in [0.1, 0.15) is 17.4 Å². The van der Waals surface area contributed by atoms with Crippen LogP contribution < -0.4 is 10.1 Å². The van der Waals surface area contributed by atoms with E-state index in [1.165, 1.54) is 31.4 Å². The van der Waals surface area contributed by atoms with Gasteiger partial charge in [0.15, 0.2) is 0 Å². The van der Waals surface area contributed by atoms with Crippen molar-refractivity contribution >= 4 is 35.0 Å². The van der Waals surface area contributed by atoms with Crippen LogP contribution in [0.4, 0.5) is 11.4 Å². The first-order chi connectivity index (χ1) is 11.9. The number of nitrogens with one attached hydrogen (secondary N) is 1. The molecule has 0 aliphatic heterocycles. The fraction of sp³-hybridized carbons (Fsp3) is 0.0588. The number of nitriles is 1. The average molecular weight is 358 g/mol. The molecule has 0 unspecified atom stereocenters. The van der Waals surface area contributed by atoms with Gasteiger partial charge in [0.05, 0.1) is 12.0 Å². The molecule has 0 spiro atoms. The maximum absolute atomic E-state index is 12.2. The first-order valence-electron chi connectivity index (χ1n) is 6.95. The van der Waals surface area contributed by atoms with Gasteiger partial charge in [-0.3, -0.25) is 14.9 Å². The summed E-state index contributed by atoms with van der Waals surface area (Å²) in [5.74, 6) is -0.0346. The number of methoxy groups -OCH3 is 1. The molecule has 0 aliphatic rings. The van der Waals surface area contributed by atoms with E-state index in [1.807, 2.05) is 0 Å². The molecular formula is C17H12ClN3O4. The molecule has 25 heavy (non-hydrogen) atoms. The molecule has 0 bridgehead atoms. The predicted octanol–water partition coefficient (Wildman–Crippen LogP) is 3.80. The highest BCUT2D eigenvalue weighted by Gasteiger charge is 2.13. The van der Waals surface area contributed by atoms with Crippen LogP contribution in [0.15, 0.2) is 48.0 Å². The number of hydrogen-bond acceptors (Lipinski definition) is 5. The summed E-state index contributed by atoms with van der Waals surface area (Å²) < 4.78 is 5.02. The normalized spacial score (nSPS) is 10.7. The van der Waals surface area contributed by atoms with Gasteiger partial charge >= 0.3 is 0 Å². The summed E-state index contributed by atoms with van der Waals surface area (Å²) >= 11 is 5.98. The number of anilines is 1. The number of carbonyl (C=O) groups excluding carboxylic acids is 1. The van der Waals surface area contributed by atoms with Crippen molar-refractivity contribution in [3.63, 3.8) is 0 Å². The van der Waals surface area contributed by atoms with Crippen molar-refractivity contribution < 1.29 is 14.5 Å². The lowest BCUT2D eigenvalue weighted by Gasteiger charge is -2.06. The number of non-ortho nitro benzene ring substituents is 1. The molecule has 1 N–H and O–H groups in total. The van der Waals surface area contributed by atoms with Gasteiger partial charge in [-0.2, -0.15) is 5.26 Å². The number of carbonyl (C=O) groups is 1. The number of amides is 1. The van der Waals surface area contributed by atoms with E-state index < -0.39 is 10.8 Å². The zero-order valence-electron chi connectivity index (χ0n) is 13.0. The van der Waals surface area contributed by atoms with Crippen LogP contribution in [0.1, 0.15) is 5.56 Å². The number of hydrogen-bond donors (Lipinski definition) is 1. The molecule has 0 heterocycles. The third-order valence-electron chi connectivity index (χ3n) is 3.20. The monoisotopic (exact) mass is 357 g/mol. The van der Waals surface area contributed by atoms with E-state index >= 15 is 0 Å². The number of benzene rings is 2. The molecule has 0 aliphatic carbocycles. The lowest BCUT2D eigenvalue weighted by Crippen LogP contribution is -2.13. The smallest absolute Gasteiger partial charge is 0.270 e. The van der Waals surface area contributed by atoms with E-state index in [9.17, 15) is 20.2 Å². The molecule has 0 saturated heterocycles. The van der Waals surface area contributed by atoms with Gasteiger partial charge in [-0.25, -0.2) is 0 Å². The van der Waals surface area contributed by atoms with Crippen LogP contribution in [-0.2, 0) is 4.79 Å². The van der Waals surface area contributed by atoms with E-state index in [4.69, 9.17) is 16.3 Å². The Hall–Kier alpha value is -3.37. The van der Waals surface area contributed by atoms with Gasteiger partial charge in [-0.1, -0.05) is 11.6 Å². The minimum absolute atomic E-state index is 0.190. The highest BCUT2D eigenvalue weighted by atomic mass is 35.5. The minimum Gasteiger partial charge on any atom is -0.497 e. The van der Waals surface area contributed by atoms with Crippen LogP contribution in [0.5, 0.6) is 5.75 Å². The predicted molar refractivity (Wildman–Crippen MR) is 93.3 cm³/mol. The molecule has 126 valence electrons. The van der Waals surface area contributed by atoms with Gasteiger partial charge < -0.3 is 10.1 Å². The molecule has 0 fully saturated rings. The number of ether oxygens (including phenoxy) is 1. The SMILES string of the molecule is COc1ccc(NC(=O)/C(C#N)=C/c2cc([N+](=O)[O-])ccc2Cl)cc1. The van der Waals surface area contributed by atoms with Crippen molar-refractivity contribution in [3.8, 4) is 11.8 Å². The Bertz CT molecular complexity index is 886. The number of rotatable bonds is 5. The van der Waals surface area contributed by atoms with Crippen molar-refractivity contribution in [3.05, 3.63) is 68.7 Å². The summed E-state index contributed by atoms with van der Waals surface area (Å²) in [6.45, 7) is 0. The standard InChI is InChI=1S/C17H12ClN3O4/c1-25-15-5-2-13(3-6-15)20-17(22)12(10-19)8-11-9-14(21(23)24)4-7-16(11)18/h2-9H,1H3,(H,20,22)/b12-8+. The summed E-state index contributed by atoms with van der Waals surface area (Å²) in [6, 6.07) is 12.1. The summed E-state index contributed by atoms with van der Waals surface area (Å²) in [7, 11) is 1.52. The Kier molecular flexibility index (Phi) is 5.71. The van der Waals surface area contributed by atoms with Crippen LogP contribution in [0.25, 0.3) is 6.08 Å². The topological polar surface area (TPSA) is 105 Å². The first-order valence-corrected chi connectivity index (χ1v) is 7.33. The Labute approximate surface area is 148 Å². The summed E-state index contributed by atoms with van der Waals surface area (Å²) in [6.07, 6.45) is 1.20. The minimum atomic E-state index is -0.657. The second-order valence-electron chi connectivity index (χ2n) is 4.82. The Morgan fingerprint density at radius 2 is 2.00 bits per heavy atom. The second kappa shape index (κ2) is 7.95. The Morgan fingerprint density at radius 3 is 2.56 bits per heavy atom. The van der Waals surface area contributed by atoms with Crippen molar-refractivity contribution in [1.29, 1.82) is 5.26 Å². The largest absolute Gasteiger partial charge is 0.497 e. The third-order valence-corrected chi connectivity index (χ3v) is 3.55. The number of nitro groups is 1. The maximum Gasteiger partial charge on any atom is 0.270 e. The van der Waals surface area contributed by atoms with Gasteiger partial charge in [0.2, 0.25) is 0 Å². The average Bonchev–Trinajstić information content (AvgIpc) is 2.61. The van der Waals surface area contributed by atoms with Crippen LogP contribution in [0.2, 0.25) is 5.02 Å². The fourth-order valence-corrected chi connectivity index (χ4v) is 2.10. The Balaban J connectivity index is 2.27. The van der Waals surface area contributed by atoms with Gasteiger partial charge in [0.25, 0.3) is 11.6 Å². The number of nitrogens with zero attached hydrogens (tertiary/aromatic N) is 2. The summed E-state index contributed by atoms with van der Waals surface area (Å²) in [5, 5.41) is 22.8. The lowest BCUT2D eigenvalue weighted by atomic mass is 10.1. The van der Waals surface area contributed by atoms with E-state index in [0.717, 1.165) is 0 Å². The van der Waals surface area contributed by atoms with Crippen LogP contribution in [-0.4, -0.2) is 17.9 Å². The molecule has 0 aromatic heterocycles. The van der Waals surface area contributed by atoms with E-state index in [1.54, 1.807) is 30.3 Å². The zero-order chi connectivity index (χ0) is 18.4. The fourth-order valence-electron chi connectivity index (χ4n) is 1.93. The molecule has 0 atom stereocenters. The van der Waals surface area contributed by atoms with Crippen molar-refractivity contribution in [1.82, 2.24) is 0 Å². The first kappa shape index (κ1) is 18.0. The van der Waals surface area contributed by atoms with Gasteiger partial charge in [0, 0.05) is 28.4 Å². The van der Waals surface area contributed by atoms with Crippen molar-refractivity contribution in [2.45, 2.75) is 0 Å². The number of nitro benzene ring substituents is 1. The second-order valence-corrected chi connectivity index (χ2v) is 5.22. The summed E-state index contributed by atoms with van der Waals surface area (Å²) in [4.78, 5) is 22.5. The van der Waals surface area contributed by atoms with Crippen molar-refractivity contribution in [2.24, 2.45) is 0 Å². The van der Waals surface area contributed by atoms with Crippen LogP contribution in [0.3, 0.4) is 0 Å². The van der Waals surface area contributed by atoms with Crippen LogP contribution in [0, 0.1) is 21.4 Å². The van der Waals surface area contributed by atoms with E-state index in [2.05, 4.69) is 5.32 Å². The third kappa shape index (κ3) is 4.56. The highest BCUT2D eigenvalue weighted by molar-refractivity contribution is 6.32. The molecule has 0 saturated carbocycles. The molecule has 0 radical (unpaired) electrons. The number of halogens is 1. The zero-order valence-corrected chi connectivity index (χ0v) is 13.8. The van der Waals surface area contributed by atoms with Crippen molar-refractivity contribution in [2.75, 3.05) is 12.4 Å². The molecule has 2 aromatic carbocycles. The van der Waals surface area contributed by atoms with E-state index in [-0.39, 0.29) is 21.8 Å². The summed E-state index contributed by atoms with van der Waals surface area (Å²) in [5.41, 5.74) is 0.246. The van der Waals surface area contributed by atoms with Gasteiger partial charge in [-0.05, 0) is 36.4 Å². The van der Waals surface area contributed by atoms with Crippen LogP contribution >= 0.6 is 11.6 Å². The van der Waals surface area contributed by atoms with E-state index in [0.29, 0.717) is 11.4 Å². The molecule has 2 rings (SSSR count). The Morgan fingerprint density at radius 1 is 1.32 bits per heavy atom.